The zero-order valence-corrected chi connectivity index (χ0v) is 15.8. The average Bonchev–Trinajstić information content (AvgIpc) is 2.63. The number of carbonyl (C=O) groups excluding carboxylic acids is 1. The molecule has 1 aromatic rings. The second-order valence-electron chi connectivity index (χ2n) is 7.17. The highest BCUT2D eigenvalue weighted by molar-refractivity contribution is 5.80. The van der Waals surface area contributed by atoms with Gasteiger partial charge in [-0.1, -0.05) is 19.9 Å². The molecular formula is C19H28F3N3O2. The molecule has 1 aliphatic heterocycles. The maximum atomic E-state index is 12.7. The summed E-state index contributed by atoms with van der Waals surface area (Å²) in [7, 11) is 0. The first-order chi connectivity index (χ1) is 12.8. The number of ether oxygens (including phenoxy) is 1. The molecular weight excluding hydrogens is 359 g/mol. The number of halogens is 3. The molecule has 27 heavy (non-hydrogen) atoms. The van der Waals surface area contributed by atoms with E-state index in [0.29, 0.717) is 25.7 Å². The first-order valence-corrected chi connectivity index (χ1v) is 9.25. The van der Waals surface area contributed by atoms with E-state index in [0.717, 1.165) is 31.6 Å². The minimum atomic E-state index is -4.40. The Morgan fingerprint density at radius 2 is 1.96 bits per heavy atom. The Balaban J connectivity index is 1.83. The molecule has 1 aliphatic rings. The van der Waals surface area contributed by atoms with Gasteiger partial charge < -0.3 is 15.4 Å². The molecule has 0 bridgehead atoms. The smallest absolute Gasteiger partial charge is 0.379 e. The summed E-state index contributed by atoms with van der Waals surface area (Å²) in [6, 6.07) is 5.07. The number of alkyl halides is 3. The van der Waals surface area contributed by atoms with Gasteiger partial charge in [0.2, 0.25) is 5.91 Å². The average molecular weight is 387 g/mol. The fourth-order valence-electron chi connectivity index (χ4n) is 3.13. The summed E-state index contributed by atoms with van der Waals surface area (Å²) in [5, 5.41) is 5.65. The highest BCUT2D eigenvalue weighted by atomic mass is 19.4. The van der Waals surface area contributed by atoms with E-state index in [1.54, 1.807) is 0 Å². The van der Waals surface area contributed by atoms with Gasteiger partial charge in [-0.15, -0.1) is 0 Å². The Kier molecular flexibility index (Phi) is 7.91. The number of nitrogens with one attached hydrogen (secondary N) is 2. The molecule has 0 spiro atoms. The normalized spacial score (nSPS) is 17.0. The number of hydrogen-bond acceptors (Lipinski definition) is 4. The second-order valence-corrected chi connectivity index (χ2v) is 7.17. The van der Waals surface area contributed by atoms with Gasteiger partial charge in [0.25, 0.3) is 0 Å². The first kappa shape index (κ1) is 21.5. The molecule has 2 N–H and O–H groups in total. The van der Waals surface area contributed by atoms with Crippen LogP contribution in [0.3, 0.4) is 0 Å². The van der Waals surface area contributed by atoms with Crippen LogP contribution in [0.2, 0.25) is 0 Å². The zero-order valence-electron chi connectivity index (χ0n) is 15.8. The molecule has 5 nitrogen and oxygen atoms in total. The molecule has 2 rings (SSSR count). The van der Waals surface area contributed by atoms with Crippen LogP contribution in [0, 0.1) is 5.92 Å². The molecule has 8 heteroatoms. The molecule has 0 saturated carbocycles. The predicted octanol–water partition coefficient (Wildman–Crippen LogP) is 2.98. The van der Waals surface area contributed by atoms with Crippen molar-refractivity contribution in [1.82, 2.24) is 10.2 Å². The highest BCUT2D eigenvalue weighted by Crippen LogP contribution is 2.30. The summed E-state index contributed by atoms with van der Waals surface area (Å²) in [6.07, 6.45) is -3.44. The lowest BCUT2D eigenvalue weighted by Gasteiger charge is -2.35. The second kappa shape index (κ2) is 9.94. The minimum Gasteiger partial charge on any atom is -0.379 e. The molecule has 1 fully saturated rings. The van der Waals surface area contributed by atoms with Crippen molar-refractivity contribution in [3.63, 3.8) is 0 Å². The van der Waals surface area contributed by atoms with Gasteiger partial charge in [-0.05, 0) is 30.5 Å². The molecule has 1 amide bonds. The summed E-state index contributed by atoms with van der Waals surface area (Å²) < 4.78 is 43.6. The Morgan fingerprint density at radius 3 is 2.59 bits per heavy atom. The van der Waals surface area contributed by atoms with E-state index in [1.807, 2.05) is 0 Å². The molecule has 152 valence electrons. The van der Waals surface area contributed by atoms with Crippen molar-refractivity contribution in [3.8, 4) is 0 Å². The van der Waals surface area contributed by atoms with Crippen molar-refractivity contribution in [2.45, 2.75) is 32.5 Å². The molecule has 1 aromatic carbocycles. The number of carbonyl (C=O) groups is 1. The van der Waals surface area contributed by atoms with E-state index in [4.69, 9.17) is 4.74 Å². The summed E-state index contributed by atoms with van der Waals surface area (Å²) >= 11 is 0. The zero-order chi connectivity index (χ0) is 19.9. The lowest BCUT2D eigenvalue weighted by Crippen LogP contribution is -2.49. The molecule has 1 heterocycles. The van der Waals surface area contributed by atoms with Gasteiger partial charge >= 0.3 is 6.18 Å². The van der Waals surface area contributed by atoms with Crippen LogP contribution >= 0.6 is 0 Å². The number of benzene rings is 1. The molecule has 0 aromatic heterocycles. The summed E-state index contributed by atoms with van der Waals surface area (Å²) in [5.74, 6) is 0.257. The third-order valence-electron chi connectivity index (χ3n) is 4.48. The summed E-state index contributed by atoms with van der Waals surface area (Å²) in [5.41, 5.74) is -0.468. The molecule has 1 unspecified atom stereocenters. The van der Waals surface area contributed by atoms with E-state index in [1.165, 1.54) is 12.1 Å². The maximum absolute atomic E-state index is 12.7. The monoisotopic (exact) mass is 387 g/mol. The van der Waals surface area contributed by atoms with Gasteiger partial charge in [0, 0.05) is 31.4 Å². The largest absolute Gasteiger partial charge is 0.416 e. The topological polar surface area (TPSA) is 53.6 Å². The number of hydrogen-bond donors (Lipinski definition) is 2. The van der Waals surface area contributed by atoms with Crippen LogP contribution in [0.15, 0.2) is 24.3 Å². The number of amides is 1. The van der Waals surface area contributed by atoms with Gasteiger partial charge in [0.05, 0.1) is 25.3 Å². The lowest BCUT2D eigenvalue weighted by molar-refractivity contribution is -0.137. The first-order valence-electron chi connectivity index (χ1n) is 9.25. The van der Waals surface area contributed by atoms with Gasteiger partial charge in [-0.3, -0.25) is 9.69 Å². The van der Waals surface area contributed by atoms with Gasteiger partial charge in [-0.25, -0.2) is 0 Å². The van der Waals surface area contributed by atoms with Crippen LogP contribution < -0.4 is 10.6 Å². The maximum Gasteiger partial charge on any atom is 0.416 e. The van der Waals surface area contributed by atoms with E-state index in [9.17, 15) is 18.0 Å². The van der Waals surface area contributed by atoms with Gasteiger partial charge in [0.15, 0.2) is 0 Å². The Labute approximate surface area is 158 Å². The molecule has 0 aliphatic carbocycles. The predicted molar refractivity (Wildman–Crippen MR) is 98.6 cm³/mol. The summed E-state index contributed by atoms with van der Waals surface area (Å²) in [6.45, 7) is 7.81. The van der Waals surface area contributed by atoms with E-state index < -0.39 is 11.7 Å². The van der Waals surface area contributed by atoms with E-state index >= 15 is 0 Å². The van der Waals surface area contributed by atoms with Gasteiger partial charge in [0.1, 0.15) is 0 Å². The van der Waals surface area contributed by atoms with Crippen molar-refractivity contribution in [3.05, 3.63) is 29.8 Å². The fraction of sp³-hybridized carbons (Fsp3) is 0.632. The van der Waals surface area contributed by atoms with Crippen molar-refractivity contribution < 1.29 is 22.7 Å². The Bertz CT molecular complexity index is 602. The minimum absolute atomic E-state index is 0.0706. The van der Waals surface area contributed by atoms with E-state index in [2.05, 4.69) is 29.4 Å². The van der Waals surface area contributed by atoms with Crippen LogP contribution in [0.25, 0.3) is 0 Å². The number of nitrogens with zero attached hydrogens (tertiary/aromatic N) is 1. The van der Waals surface area contributed by atoms with Crippen molar-refractivity contribution in [1.29, 1.82) is 0 Å². The number of rotatable bonds is 8. The van der Waals surface area contributed by atoms with Crippen molar-refractivity contribution in [2.24, 2.45) is 5.92 Å². The SMILES string of the molecule is CC(C)CC(CNC(=O)CNc1cccc(C(F)(F)F)c1)N1CCOCC1. The van der Waals surface area contributed by atoms with Crippen LogP contribution in [0.1, 0.15) is 25.8 Å². The third kappa shape index (κ3) is 7.38. The van der Waals surface area contributed by atoms with Crippen molar-refractivity contribution in [2.75, 3.05) is 44.7 Å². The molecule has 1 saturated heterocycles. The quantitative estimate of drug-likeness (QED) is 0.720. The molecule has 0 radical (unpaired) electrons. The Morgan fingerprint density at radius 1 is 1.26 bits per heavy atom. The van der Waals surface area contributed by atoms with Crippen LogP contribution in [-0.4, -0.2) is 56.2 Å². The van der Waals surface area contributed by atoms with Crippen LogP contribution in [-0.2, 0) is 15.7 Å². The standard InChI is InChI=1S/C19H28F3N3O2/c1-14(2)10-17(25-6-8-27-9-7-25)12-24-18(26)13-23-16-5-3-4-15(11-16)19(20,21)22/h3-5,11,14,17,23H,6-10,12-13H2,1-2H3,(H,24,26). The van der Waals surface area contributed by atoms with Gasteiger partial charge in [-0.2, -0.15) is 13.2 Å². The number of morpholine rings is 1. The summed E-state index contributed by atoms with van der Waals surface area (Å²) in [4.78, 5) is 14.5. The fourth-order valence-corrected chi connectivity index (χ4v) is 3.13. The van der Waals surface area contributed by atoms with E-state index in [-0.39, 0.29) is 24.2 Å². The lowest BCUT2D eigenvalue weighted by atomic mass is 10.0. The number of anilines is 1. The van der Waals surface area contributed by atoms with Crippen LogP contribution in [0.4, 0.5) is 18.9 Å². The Hall–Kier alpha value is -1.80. The molecule has 1 atom stereocenters. The van der Waals surface area contributed by atoms with Crippen LogP contribution in [0.5, 0.6) is 0 Å². The van der Waals surface area contributed by atoms with Crippen molar-refractivity contribution >= 4 is 11.6 Å². The highest BCUT2D eigenvalue weighted by Gasteiger charge is 2.30. The third-order valence-corrected chi connectivity index (χ3v) is 4.48.